The second-order valence-electron chi connectivity index (χ2n) is 7.18. The number of rotatable bonds is 9. The summed E-state index contributed by atoms with van der Waals surface area (Å²) in [6.07, 6.45) is 2.87. The molecule has 2 rings (SSSR count). The standard InChI is InChI=1S/C21H26N2O.CH4O3S/c1-3-21(24)22-15-10-16-23(2,17-19-11-6-4-7-12-19)18-20-13-8-5-9-14-20;1-5(2,3)4/h3-9,11-14H,1,10,15-18H2,2H3;1H3,(H,2,3,4). The zero-order chi connectivity index (χ0) is 21.8. The molecule has 158 valence electrons. The summed E-state index contributed by atoms with van der Waals surface area (Å²) < 4.78 is 28.1. The number of hydrogen-bond acceptors (Lipinski definition) is 4. The van der Waals surface area contributed by atoms with E-state index in [0.717, 1.165) is 30.5 Å². The predicted molar refractivity (Wildman–Crippen MR) is 115 cm³/mol. The van der Waals surface area contributed by atoms with Gasteiger partial charge >= 0.3 is 0 Å². The molecule has 6 nitrogen and oxygen atoms in total. The van der Waals surface area contributed by atoms with Gasteiger partial charge in [-0.2, -0.15) is 0 Å². The van der Waals surface area contributed by atoms with Gasteiger partial charge in [-0.05, 0) is 6.08 Å². The second kappa shape index (κ2) is 12.2. The molecule has 0 aliphatic rings. The Morgan fingerprint density at radius 1 is 1.03 bits per heavy atom. The summed E-state index contributed by atoms with van der Waals surface area (Å²) in [5, 5.41) is 2.87. The lowest BCUT2D eigenvalue weighted by Crippen LogP contribution is -2.44. The van der Waals surface area contributed by atoms with E-state index in [-0.39, 0.29) is 5.91 Å². The molecule has 0 radical (unpaired) electrons. The molecule has 0 spiro atoms. The quantitative estimate of drug-likeness (QED) is 0.294. The molecule has 0 bridgehead atoms. The van der Waals surface area contributed by atoms with Crippen molar-refractivity contribution in [2.75, 3.05) is 26.4 Å². The zero-order valence-corrected chi connectivity index (χ0v) is 17.9. The molecule has 0 aliphatic carbocycles. The summed E-state index contributed by atoms with van der Waals surface area (Å²) in [7, 11) is -1.63. The number of nitrogens with zero attached hydrogens (tertiary/aromatic N) is 1. The first-order valence-corrected chi connectivity index (χ1v) is 11.2. The van der Waals surface area contributed by atoms with Crippen LogP contribution in [0, 0.1) is 0 Å². The number of carbonyl (C=O) groups excluding carboxylic acids is 1. The van der Waals surface area contributed by atoms with Crippen LogP contribution < -0.4 is 5.32 Å². The first kappa shape index (κ1) is 24.6. The van der Waals surface area contributed by atoms with Crippen LogP contribution in [-0.4, -0.2) is 49.8 Å². The molecular formula is C22H30N2O4S. The van der Waals surface area contributed by atoms with Gasteiger partial charge in [-0.3, -0.25) is 4.79 Å². The number of nitrogens with one attached hydrogen (secondary N) is 1. The Balaban J connectivity index is 0.000000749. The third-order valence-corrected chi connectivity index (χ3v) is 4.17. The van der Waals surface area contributed by atoms with Crippen LogP contribution in [0.15, 0.2) is 73.3 Å². The summed E-state index contributed by atoms with van der Waals surface area (Å²) in [6, 6.07) is 21.2. The highest BCUT2D eigenvalue weighted by Gasteiger charge is 2.22. The van der Waals surface area contributed by atoms with Crippen molar-refractivity contribution in [1.29, 1.82) is 0 Å². The van der Waals surface area contributed by atoms with Crippen molar-refractivity contribution >= 4 is 16.0 Å². The highest BCUT2D eigenvalue weighted by atomic mass is 32.2. The molecule has 1 N–H and O–H groups in total. The van der Waals surface area contributed by atoms with Gasteiger partial charge in [0.1, 0.15) is 13.1 Å². The maximum Gasteiger partial charge on any atom is 0.243 e. The maximum atomic E-state index is 11.3. The minimum absolute atomic E-state index is 0.102. The second-order valence-corrected chi connectivity index (χ2v) is 8.59. The molecule has 0 aromatic heterocycles. The zero-order valence-electron chi connectivity index (χ0n) is 17.1. The third-order valence-electron chi connectivity index (χ3n) is 4.17. The first-order chi connectivity index (χ1) is 13.6. The van der Waals surface area contributed by atoms with Gasteiger partial charge in [0.25, 0.3) is 0 Å². The Morgan fingerprint density at radius 3 is 1.83 bits per heavy atom. The van der Waals surface area contributed by atoms with Gasteiger partial charge < -0.3 is 14.4 Å². The Labute approximate surface area is 174 Å². The van der Waals surface area contributed by atoms with Gasteiger partial charge in [0.05, 0.1) is 23.7 Å². The molecular weight excluding hydrogens is 388 g/mol. The van der Waals surface area contributed by atoms with Crippen LogP contribution in [0.5, 0.6) is 0 Å². The minimum atomic E-state index is -3.92. The molecule has 29 heavy (non-hydrogen) atoms. The van der Waals surface area contributed by atoms with E-state index >= 15 is 0 Å². The lowest BCUT2D eigenvalue weighted by molar-refractivity contribution is -0.935. The van der Waals surface area contributed by atoms with Crippen LogP contribution in [0.3, 0.4) is 0 Å². The smallest absolute Gasteiger partial charge is 0.243 e. The molecule has 0 saturated heterocycles. The SMILES string of the molecule is C=CC(=O)NCCC[N+](C)(Cc1ccccc1)Cc1ccccc1.CS(=O)(=O)[O-]. The molecule has 0 unspecified atom stereocenters. The first-order valence-electron chi connectivity index (χ1n) is 9.34. The highest BCUT2D eigenvalue weighted by Crippen LogP contribution is 2.18. The number of hydrogen-bond donors (Lipinski definition) is 1. The number of quaternary nitrogens is 1. The van der Waals surface area contributed by atoms with E-state index in [1.807, 2.05) is 0 Å². The summed E-state index contributed by atoms with van der Waals surface area (Å²) in [5.74, 6) is -0.102. The van der Waals surface area contributed by atoms with Crippen LogP contribution in [0.2, 0.25) is 0 Å². The fraction of sp³-hybridized carbons (Fsp3) is 0.318. The fourth-order valence-electron chi connectivity index (χ4n) is 3.01. The van der Waals surface area contributed by atoms with Gasteiger partial charge in [-0.1, -0.05) is 67.2 Å². The van der Waals surface area contributed by atoms with Crippen molar-refractivity contribution in [3.05, 3.63) is 84.4 Å². The third kappa shape index (κ3) is 12.6. The van der Waals surface area contributed by atoms with E-state index in [1.54, 1.807) is 0 Å². The molecule has 0 atom stereocenters. The number of benzene rings is 2. The molecule has 0 saturated carbocycles. The average molecular weight is 419 g/mol. The molecule has 2 aromatic carbocycles. The van der Waals surface area contributed by atoms with Crippen molar-refractivity contribution in [2.24, 2.45) is 0 Å². The number of amides is 1. The fourth-order valence-corrected chi connectivity index (χ4v) is 3.01. The van der Waals surface area contributed by atoms with Gasteiger partial charge in [-0.15, -0.1) is 0 Å². The molecule has 1 amide bonds. The van der Waals surface area contributed by atoms with E-state index in [2.05, 4.69) is 79.6 Å². The highest BCUT2D eigenvalue weighted by molar-refractivity contribution is 7.84. The van der Waals surface area contributed by atoms with Crippen LogP contribution in [0.25, 0.3) is 0 Å². The average Bonchev–Trinajstić information content (AvgIpc) is 2.65. The van der Waals surface area contributed by atoms with Crippen molar-refractivity contribution in [1.82, 2.24) is 5.32 Å². The van der Waals surface area contributed by atoms with Gasteiger partial charge in [0.15, 0.2) is 0 Å². The van der Waals surface area contributed by atoms with Crippen molar-refractivity contribution in [3.63, 3.8) is 0 Å². The van der Waals surface area contributed by atoms with Crippen molar-refractivity contribution in [2.45, 2.75) is 19.5 Å². The van der Waals surface area contributed by atoms with E-state index < -0.39 is 10.1 Å². The molecule has 0 fully saturated rings. The van der Waals surface area contributed by atoms with E-state index in [4.69, 9.17) is 13.0 Å². The van der Waals surface area contributed by atoms with Crippen LogP contribution in [-0.2, 0) is 28.0 Å². The largest absolute Gasteiger partial charge is 0.748 e. The molecule has 7 heteroatoms. The Bertz CT molecular complexity index is 803. The van der Waals surface area contributed by atoms with Crippen molar-refractivity contribution < 1.29 is 22.2 Å². The van der Waals surface area contributed by atoms with Gasteiger partial charge in [0.2, 0.25) is 5.91 Å². The monoisotopic (exact) mass is 418 g/mol. The van der Waals surface area contributed by atoms with Crippen LogP contribution in [0.1, 0.15) is 17.5 Å². The molecule has 2 aromatic rings. The Hall–Kier alpha value is -2.48. The number of carbonyl (C=O) groups is 1. The van der Waals surface area contributed by atoms with E-state index in [9.17, 15) is 4.79 Å². The molecule has 0 aliphatic heterocycles. The lowest BCUT2D eigenvalue weighted by atomic mass is 10.1. The Kier molecular flexibility index (Phi) is 10.3. The molecule has 0 heterocycles. The minimum Gasteiger partial charge on any atom is -0.748 e. The van der Waals surface area contributed by atoms with Crippen LogP contribution in [0.4, 0.5) is 0 Å². The normalized spacial score (nSPS) is 11.1. The Morgan fingerprint density at radius 2 is 1.45 bits per heavy atom. The van der Waals surface area contributed by atoms with E-state index in [0.29, 0.717) is 12.8 Å². The summed E-state index contributed by atoms with van der Waals surface area (Å²) >= 11 is 0. The van der Waals surface area contributed by atoms with Gasteiger partial charge in [-0.25, -0.2) is 8.42 Å². The summed E-state index contributed by atoms with van der Waals surface area (Å²) in [6.45, 7) is 7.12. The topological polar surface area (TPSA) is 86.3 Å². The summed E-state index contributed by atoms with van der Waals surface area (Å²) in [5.41, 5.74) is 2.68. The van der Waals surface area contributed by atoms with Crippen molar-refractivity contribution in [3.8, 4) is 0 Å². The maximum absolute atomic E-state index is 11.3. The lowest BCUT2D eigenvalue weighted by Gasteiger charge is -2.35. The van der Waals surface area contributed by atoms with Gasteiger partial charge in [0, 0.05) is 30.3 Å². The van der Waals surface area contributed by atoms with E-state index in [1.165, 1.54) is 17.2 Å². The van der Waals surface area contributed by atoms with Crippen LogP contribution >= 0.6 is 0 Å². The summed E-state index contributed by atoms with van der Waals surface area (Å²) in [4.78, 5) is 11.3. The predicted octanol–water partition coefficient (Wildman–Crippen LogP) is 2.69.